The summed E-state index contributed by atoms with van der Waals surface area (Å²) in [4.78, 5) is 23.3. The van der Waals surface area contributed by atoms with E-state index >= 15 is 0 Å². The lowest BCUT2D eigenvalue weighted by atomic mass is 10.1. The number of aromatic nitrogens is 2. The van der Waals surface area contributed by atoms with Crippen molar-refractivity contribution in [3.63, 3.8) is 0 Å². The number of carbonyl (C=O) groups is 2. The second kappa shape index (κ2) is 7.40. The molecule has 0 saturated heterocycles. The van der Waals surface area contributed by atoms with Crippen LogP contribution in [0.25, 0.3) is 0 Å². The zero-order valence-electron chi connectivity index (χ0n) is 13.2. The predicted molar refractivity (Wildman–Crippen MR) is 87.6 cm³/mol. The van der Waals surface area contributed by atoms with E-state index in [2.05, 4.69) is 22.3 Å². The first-order valence-corrected chi connectivity index (χ1v) is 7.29. The van der Waals surface area contributed by atoms with Crippen LogP contribution in [0.1, 0.15) is 34.6 Å². The summed E-state index contributed by atoms with van der Waals surface area (Å²) in [5.74, 6) is -0.388. The summed E-state index contributed by atoms with van der Waals surface area (Å²) >= 11 is 0. The van der Waals surface area contributed by atoms with Gasteiger partial charge in [0, 0.05) is 25.4 Å². The molecule has 2 amide bonds. The van der Waals surface area contributed by atoms with Crippen LogP contribution in [0.3, 0.4) is 0 Å². The Labute approximate surface area is 135 Å². The van der Waals surface area contributed by atoms with Crippen LogP contribution in [0.4, 0.5) is 0 Å². The third kappa shape index (κ3) is 4.54. The molecule has 120 valence electrons. The first-order valence-electron chi connectivity index (χ1n) is 7.29. The van der Waals surface area contributed by atoms with Gasteiger partial charge in [-0.05, 0) is 36.8 Å². The van der Waals surface area contributed by atoms with E-state index in [1.54, 1.807) is 16.8 Å². The molecular formula is C17H20N4O2. The molecule has 0 saturated carbocycles. The van der Waals surface area contributed by atoms with Crippen molar-refractivity contribution in [3.05, 3.63) is 66.0 Å². The number of amides is 2. The summed E-state index contributed by atoms with van der Waals surface area (Å²) in [7, 11) is 1.84. The molecule has 0 aliphatic heterocycles. The summed E-state index contributed by atoms with van der Waals surface area (Å²) in [5, 5.41) is 9.87. The van der Waals surface area contributed by atoms with Gasteiger partial charge in [-0.1, -0.05) is 18.7 Å². The number of rotatable bonds is 6. The van der Waals surface area contributed by atoms with Crippen molar-refractivity contribution < 1.29 is 9.59 Å². The number of benzene rings is 1. The van der Waals surface area contributed by atoms with Gasteiger partial charge in [0.1, 0.15) is 0 Å². The largest absolute Gasteiger partial charge is 0.348 e. The van der Waals surface area contributed by atoms with Gasteiger partial charge in [-0.25, -0.2) is 0 Å². The molecule has 6 heteroatoms. The van der Waals surface area contributed by atoms with Crippen molar-refractivity contribution in [2.45, 2.75) is 19.5 Å². The molecule has 2 N–H and O–H groups in total. The Morgan fingerprint density at radius 2 is 2.00 bits per heavy atom. The minimum atomic E-state index is -0.226. The van der Waals surface area contributed by atoms with Gasteiger partial charge in [-0.3, -0.25) is 14.3 Å². The smallest absolute Gasteiger partial charge is 0.251 e. The molecule has 0 aliphatic rings. The lowest BCUT2D eigenvalue weighted by molar-refractivity contribution is -0.116. The van der Waals surface area contributed by atoms with Crippen LogP contribution in [0.15, 0.2) is 49.2 Å². The van der Waals surface area contributed by atoms with Gasteiger partial charge < -0.3 is 10.6 Å². The average molecular weight is 312 g/mol. The summed E-state index contributed by atoms with van der Waals surface area (Å²) in [6.07, 6.45) is 3.06. The van der Waals surface area contributed by atoms with Crippen LogP contribution in [-0.2, 0) is 18.4 Å². The summed E-state index contributed by atoms with van der Waals surface area (Å²) in [6, 6.07) is 8.78. The van der Waals surface area contributed by atoms with Gasteiger partial charge in [-0.2, -0.15) is 5.10 Å². The average Bonchev–Trinajstić information content (AvgIpc) is 2.99. The van der Waals surface area contributed by atoms with E-state index in [1.807, 2.05) is 38.4 Å². The minimum absolute atomic E-state index is 0.162. The summed E-state index contributed by atoms with van der Waals surface area (Å²) < 4.78 is 1.70. The highest BCUT2D eigenvalue weighted by Gasteiger charge is 2.13. The second-order valence-electron chi connectivity index (χ2n) is 5.23. The molecule has 1 unspecified atom stereocenters. The molecule has 2 rings (SSSR count). The minimum Gasteiger partial charge on any atom is -0.348 e. The fraction of sp³-hybridized carbons (Fsp3) is 0.235. The van der Waals surface area contributed by atoms with Crippen molar-refractivity contribution >= 4 is 11.8 Å². The lowest BCUT2D eigenvalue weighted by Gasteiger charge is -2.12. The molecular weight excluding hydrogens is 292 g/mol. The maximum atomic E-state index is 12.2. The van der Waals surface area contributed by atoms with Crippen LogP contribution < -0.4 is 10.6 Å². The number of hydrogen-bond donors (Lipinski definition) is 2. The normalized spacial score (nSPS) is 11.6. The fourth-order valence-corrected chi connectivity index (χ4v) is 2.05. The quantitative estimate of drug-likeness (QED) is 0.797. The van der Waals surface area contributed by atoms with Crippen LogP contribution >= 0.6 is 0 Å². The molecule has 23 heavy (non-hydrogen) atoms. The van der Waals surface area contributed by atoms with E-state index < -0.39 is 0 Å². The maximum Gasteiger partial charge on any atom is 0.251 e. The molecule has 1 heterocycles. The topological polar surface area (TPSA) is 76.0 Å². The highest BCUT2D eigenvalue weighted by atomic mass is 16.2. The lowest BCUT2D eigenvalue weighted by Crippen LogP contribution is -2.27. The van der Waals surface area contributed by atoms with Crippen LogP contribution in [-0.4, -0.2) is 21.6 Å². The Morgan fingerprint density at radius 3 is 2.57 bits per heavy atom. The number of nitrogens with one attached hydrogen (secondary N) is 2. The van der Waals surface area contributed by atoms with Gasteiger partial charge >= 0.3 is 0 Å². The molecule has 0 aliphatic carbocycles. The molecule has 0 bridgehead atoms. The van der Waals surface area contributed by atoms with Crippen LogP contribution in [0.2, 0.25) is 0 Å². The van der Waals surface area contributed by atoms with Gasteiger partial charge in [0.25, 0.3) is 5.91 Å². The van der Waals surface area contributed by atoms with E-state index in [9.17, 15) is 9.59 Å². The Morgan fingerprint density at radius 1 is 1.30 bits per heavy atom. The number of nitrogens with zero attached hydrogens (tertiary/aromatic N) is 2. The van der Waals surface area contributed by atoms with E-state index in [0.29, 0.717) is 12.1 Å². The second-order valence-corrected chi connectivity index (χ2v) is 5.23. The van der Waals surface area contributed by atoms with Crippen molar-refractivity contribution in [3.8, 4) is 0 Å². The summed E-state index contributed by atoms with van der Waals surface area (Å²) in [6.45, 7) is 5.68. The van der Waals surface area contributed by atoms with E-state index in [0.717, 1.165) is 11.3 Å². The molecule has 1 aromatic heterocycles. The number of aryl methyl sites for hydroxylation is 1. The maximum absolute atomic E-state index is 12.2. The molecule has 1 atom stereocenters. The number of hydrogen-bond acceptors (Lipinski definition) is 3. The highest BCUT2D eigenvalue weighted by Crippen LogP contribution is 2.11. The first kappa shape index (κ1) is 16.5. The first-order chi connectivity index (χ1) is 11.0. The van der Waals surface area contributed by atoms with E-state index in [1.165, 1.54) is 6.08 Å². The molecule has 0 fully saturated rings. The van der Waals surface area contributed by atoms with Gasteiger partial charge in [0.2, 0.25) is 5.91 Å². The third-order valence-electron chi connectivity index (χ3n) is 3.39. The SMILES string of the molecule is C=CC(=O)NCc1ccc(C(=O)NC(C)c2ccn(C)n2)cc1. The standard InChI is InChI=1S/C17H20N4O2/c1-4-16(22)18-11-13-5-7-14(8-6-13)17(23)19-12(2)15-9-10-21(3)20-15/h4-10,12H,1,11H2,2-3H3,(H,18,22)(H,19,23). The van der Waals surface area contributed by atoms with E-state index in [-0.39, 0.29) is 17.9 Å². The monoisotopic (exact) mass is 312 g/mol. The Hall–Kier alpha value is -2.89. The third-order valence-corrected chi connectivity index (χ3v) is 3.39. The molecule has 0 radical (unpaired) electrons. The Kier molecular flexibility index (Phi) is 5.30. The van der Waals surface area contributed by atoms with Crippen molar-refractivity contribution in [2.24, 2.45) is 7.05 Å². The Balaban J connectivity index is 1.94. The van der Waals surface area contributed by atoms with E-state index in [4.69, 9.17) is 0 Å². The molecule has 6 nitrogen and oxygen atoms in total. The van der Waals surface area contributed by atoms with Gasteiger partial charge in [0.15, 0.2) is 0 Å². The zero-order valence-corrected chi connectivity index (χ0v) is 13.2. The van der Waals surface area contributed by atoms with Crippen molar-refractivity contribution in [1.29, 1.82) is 0 Å². The fourth-order valence-electron chi connectivity index (χ4n) is 2.05. The van der Waals surface area contributed by atoms with Gasteiger partial charge in [0.05, 0.1) is 11.7 Å². The highest BCUT2D eigenvalue weighted by molar-refractivity contribution is 5.94. The number of carbonyl (C=O) groups excluding carboxylic acids is 2. The van der Waals surface area contributed by atoms with Gasteiger partial charge in [-0.15, -0.1) is 0 Å². The predicted octanol–water partition coefficient (Wildman–Crippen LogP) is 1.71. The summed E-state index contributed by atoms with van der Waals surface area (Å²) in [5.41, 5.74) is 2.28. The van der Waals surface area contributed by atoms with Crippen LogP contribution in [0, 0.1) is 0 Å². The van der Waals surface area contributed by atoms with Crippen molar-refractivity contribution in [2.75, 3.05) is 0 Å². The molecule has 0 spiro atoms. The van der Waals surface area contributed by atoms with Crippen LogP contribution in [0.5, 0.6) is 0 Å². The zero-order chi connectivity index (χ0) is 16.8. The molecule has 1 aromatic carbocycles. The van der Waals surface area contributed by atoms with Crippen molar-refractivity contribution in [1.82, 2.24) is 20.4 Å². The Bertz CT molecular complexity index is 704. The molecule has 2 aromatic rings.